The van der Waals surface area contributed by atoms with E-state index in [0.29, 0.717) is 11.3 Å². The fourth-order valence-electron chi connectivity index (χ4n) is 3.57. The maximum Gasteiger partial charge on any atom is 0.303 e. The van der Waals surface area contributed by atoms with Crippen LogP contribution in [0.25, 0.3) is 10.4 Å². The molecular weight excluding hydrogens is 455 g/mol. The van der Waals surface area contributed by atoms with Crippen LogP contribution in [0.1, 0.15) is 41.9 Å². The summed E-state index contributed by atoms with van der Waals surface area (Å²) in [6.07, 6.45) is 0.276. The Balaban J connectivity index is 1.70. The molecule has 3 aromatic rings. The van der Waals surface area contributed by atoms with Crippen molar-refractivity contribution in [1.82, 2.24) is 10.6 Å². The van der Waals surface area contributed by atoms with Gasteiger partial charge in [-0.3, -0.25) is 14.4 Å². The lowest BCUT2D eigenvalue weighted by Crippen LogP contribution is -2.54. The normalized spacial score (nSPS) is 12.1. The number of carboxylic acids is 1. The van der Waals surface area contributed by atoms with Crippen molar-refractivity contribution in [3.8, 4) is 10.4 Å². The minimum atomic E-state index is -1.05. The molecule has 0 bridgehead atoms. The molecule has 1 heterocycles. The number of nitrogens with one attached hydrogen (secondary N) is 2. The number of aliphatic carboxylic acids is 1. The van der Waals surface area contributed by atoms with Crippen molar-refractivity contribution in [1.29, 1.82) is 0 Å². The topological polar surface area (TPSA) is 95.5 Å². The van der Waals surface area contributed by atoms with E-state index >= 15 is 0 Å². The second kappa shape index (κ2) is 11.1. The van der Waals surface area contributed by atoms with E-state index < -0.39 is 29.4 Å². The predicted octanol–water partition coefficient (Wildman–Crippen LogP) is 4.65. The second-order valence-corrected chi connectivity index (χ2v) is 9.75. The lowest BCUT2D eigenvalue weighted by Gasteiger charge is -2.29. The van der Waals surface area contributed by atoms with Gasteiger partial charge in [-0.25, -0.2) is 4.39 Å². The van der Waals surface area contributed by atoms with Gasteiger partial charge in [0.15, 0.2) is 0 Å². The zero-order valence-corrected chi connectivity index (χ0v) is 19.8. The molecular formula is C26H27FN2O4S. The Kier molecular flexibility index (Phi) is 8.17. The smallest absolute Gasteiger partial charge is 0.303 e. The van der Waals surface area contributed by atoms with Gasteiger partial charge in [0.25, 0.3) is 5.91 Å². The Morgan fingerprint density at radius 1 is 1.00 bits per heavy atom. The number of carbonyl (C=O) groups excluding carboxylic acids is 2. The number of carbonyl (C=O) groups is 3. The minimum Gasteiger partial charge on any atom is -0.481 e. The number of hydrogen-bond donors (Lipinski definition) is 3. The molecule has 6 nitrogen and oxygen atoms in total. The monoisotopic (exact) mass is 482 g/mol. The molecule has 0 fully saturated rings. The van der Waals surface area contributed by atoms with Crippen molar-refractivity contribution in [3.63, 3.8) is 0 Å². The van der Waals surface area contributed by atoms with E-state index in [2.05, 4.69) is 10.6 Å². The molecule has 0 aliphatic rings. The van der Waals surface area contributed by atoms with Gasteiger partial charge in [-0.2, -0.15) is 0 Å². The molecule has 3 rings (SSSR count). The highest BCUT2D eigenvalue weighted by Crippen LogP contribution is 2.28. The van der Waals surface area contributed by atoms with Gasteiger partial charge in [-0.05, 0) is 62.1 Å². The fraction of sp³-hybridized carbons (Fsp3) is 0.269. The summed E-state index contributed by atoms with van der Waals surface area (Å²) in [6, 6.07) is 18.0. The van der Waals surface area contributed by atoms with E-state index in [1.165, 1.54) is 23.5 Å². The molecule has 34 heavy (non-hydrogen) atoms. The molecule has 178 valence electrons. The van der Waals surface area contributed by atoms with Gasteiger partial charge in [0.1, 0.15) is 11.9 Å². The lowest BCUT2D eigenvalue weighted by atomic mass is 9.94. The van der Waals surface area contributed by atoms with Gasteiger partial charge in [-0.15, -0.1) is 11.3 Å². The van der Waals surface area contributed by atoms with E-state index in [9.17, 15) is 18.8 Å². The first-order chi connectivity index (χ1) is 16.1. The average Bonchev–Trinajstić information content (AvgIpc) is 3.27. The first kappa shape index (κ1) is 25.1. The van der Waals surface area contributed by atoms with Crippen molar-refractivity contribution in [2.75, 3.05) is 0 Å². The third kappa shape index (κ3) is 7.25. The van der Waals surface area contributed by atoms with Gasteiger partial charge in [0, 0.05) is 16.8 Å². The summed E-state index contributed by atoms with van der Waals surface area (Å²) in [7, 11) is 0. The fourth-order valence-corrected chi connectivity index (χ4v) is 4.48. The molecule has 0 saturated carbocycles. The van der Waals surface area contributed by atoms with Crippen LogP contribution in [0.4, 0.5) is 4.39 Å². The van der Waals surface area contributed by atoms with Crippen LogP contribution in [0, 0.1) is 5.82 Å². The maximum atomic E-state index is 13.2. The molecule has 8 heteroatoms. The van der Waals surface area contributed by atoms with Crippen LogP contribution in [-0.2, 0) is 16.0 Å². The summed E-state index contributed by atoms with van der Waals surface area (Å²) >= 11 is 1.21. The summed E-state index contributed by atoms with van der Waals surface area (Å²) in [5, 5.41) is 14.7. The zero-order chi connectivity index (χ0) is 24.7. The Morgan fingerprint density at radius 3 is 2.32 bits per heavy atom. The van der Waals surface area contributed by atoms with E-state index in [-0.39, 0.29) is 18.7 Å². The molecule has 0 aliphatic heterocycles. The highest BCUT2D eigenvalue weighted by molar-refractivity contribution is 7.17. The third-order valence-electron chi connectivity index (χ3n) is 5.18. The van der Waals surface area contributed by atoms with Gasteiger partial charge in [0.05, 0.1) is 4.88 Å². The quantitative estimate of drug-likeness (QED) is 0.392. The molecule has 0 spiro atoms. The lowest BCUT2D eigenvalue weighted by molar-refractivity contribution is -0.137. The number of amides is 2. The Bertz CT molecular complexity index is 1140. The molecule has 0 saturated heterocycles. The second-order valence-electron chi connectivity index (χ2n) is 8.66. The first-order valence-corrected chi connectivity index (χ1v) is 11.7. The van der Waals surface area contributed by atoms with Crippen LogP contribution in [-0.4, -0.2) is 34.5 Å². The summed E-state index contributed by atoms with van der Waals surface area (Å²) in [5.74, 6) is -2.30. The minimum absolute atomic E-state index is 0.0372. The highest BCUT2D eigenvalue weighted by atomic mass is 32.1. The Morgan fingerprint density at radius 2 is 1.68 bits per heavy atom. The van der Waals surface area contributed by atoms with Crippen molar-refractivity contribution in [2.45, 2.75) is 44.7 Å². The number of hydrogen-bond acceptors (Lipinski definition) is 4. The number of carboxylic acid groups (broad SMARTS) is 1. The van der Waals surface area contributed by atoms with Crippen molar-refractivity contribution < 1.29 is 23.9 Å². The molecule has 0 aliphatic carbocycles. The van der Waals surface area contributed by atoms with Crippen LogP contribution in [0.15, 0.2) is 66.7 Å². The van der Waals surface area contributed by atoms with E-state index in [0.717, 1.165) is 16.0 Å². The average molecular weight is 483 g/mol. The summed E-state index contributed by atoms with van der Waals surface area (Å²) in [4.78, 5) is 38.2. The van der Waals surface area contributed by atoms with Crippen LogP contribution >= 0.6 is 11.3 Å². The van der Waals surface area contributed by atoms with Crippen molar-refractivity contribution in [2.24, 2.45) is 0 Å². The van der Waals surface area contributed by atoms with E-state index in [1.54, 1.807) is 24.3 Å². The Hall–Kier alpha value is -3.52. The predicted molar refractivity (Wildman–Crippen MR) is 130 cm³/mol. The SMILES string of the molecule is CC(C)(Cc1ccccc1)NC(=O)[C@H](CCC(=O)O)NC(=O)c1ccc(-c2ccc(F)cc2)s1. The molecule has 0 radical (unpaired) electrons. The molecule has 1 atom stereocenters. The van der Waals surface area contributed by atoms with Crippen LogP contribution in [0.5, 0.6) is 0 Å². The van der Waals surface area contributed by atoms with E-state index in [4.69, 9.17) is 5.11 Å². The highest BCUT2D eigenvalue weighted by Gasteiger charge is 2.28. The first-order valence-electron chi connectivity index (χ1n) is 10.9. The number of halogens is 1. The molecule has 2 aromatic carbocycles. The zero-order valence-electron chi connectivity index (χ0n) is 19.0. The Labute approximate surface area is 201 Å². The van der Waals surface area contributed by atoms with Crippen LogP contribution in [0.3, 0.4) is 0 Å². The molecule has 3 N–H and O–H groups in total. The van der Waals surface area contributed by atoms with Gasteiger partial charge < -0.3 is 15.7 Å². The van der Waals surface area contributed by atoms with Crippen molar-refractivity contribution in [3.05, 3.63) is 83.0 Å². The summed E-state index contributed by atoms with van der Waals surface area (Å²) < 4.78 is 13.2. The molecule has 0 unspecified atom stereocenters. The van der Waals surface area contributed by atoms with Gasteiger partial charge >= 0.3 is 5.97 Å². The summed E-state index contributed by atoms with van der Waals surface area (Å²) in [6.45, 7) is 3.75. The maximum absolute atomic E-state index is 13.2. The standard InChI is InChI=1S/C26H27FN2O4S/c1-26(2,16-17-6-4-3-5-7-17)29-24(32)20(12-15-23(30)31)28-25(33)22-14-13-21(34-22)18-8-10-19(27)11-9-18/h3-11,13-14,20H,12,15-16H2,1-2H3,(H,28,33)(H,29,32)(H,30,31)/t20-/m0/s1. The van der Waals surface area contributed by atoms with Crippen LogP contribution < -0.4 is 10.6 Å². The molecule has 1 aromatic heterocycles. The van der Waals surface area contributed by atoms with Gasteiger partial charge in [-0.1, -0.05) is 42.5 Å². The number of thiophene rings is 1. The number of rotatable bonds is 10. The molecule has 2 amide bonds. The van der Waals surface area contributed by atoms with Crippen molar-refractivity contribution >= 4 is 29.1 Å². The van der Waals surface area contributed by atoms with E-state index in [1.807, 2.05) is 44.2 Å². The van der Waals surface area contributed by atoms with Gasteiger partial charge in [0.2, 0.25) is 5.91 Å². The number of benzene rings is 2. The summed E-state index contributed by atoms with van der Waals surface area (Å²) in [5.41, 5.74) is 1.21. The largest absolute Gasteiger partial charge is 0.481 e. The van der Waals surface area contributed by atoms with Crippen LogP contribution in [0.2, 0.25) is 0 Å². The third-order valence-corrected chi connectivity index (χ3v) is 6.31.